The van der Waals surface area contributed by atoms with Crippen LogP contribution in [0.4, 0.5) is 10.1 Å². The van der Waals surface area contributed by atoms with Crippen LogP contribution in [0, 0.1) is 5.82 Å². The van der Waals surface area contributed by atoms with Gasteiger partial charge in [0.1, 0.15) is 17.7 Å². The molecule has 2 N–H and O–H groups in total. The van der Waals surface area contributed by atoms with Gasteiger partial charge in [0.05, 0.1) is 19.3 Å². The number of hydrogen-bond donors (Lipinski definition) is 2. The highest BCUT2D eigenvalue weighted by atomic mass is 19.1. The number of nitrogens with one attached hydrogen (secondary N) is 1. The SMILES string of the molecule is C=CCCN(C)c1cc(F)ccc1CNC(=O)c1nc2n(c(=O)c1O)[C@@H](CC)COCC2N(C)C(=O)C=C. The zero-order valence-electron chi connectivity index (χ0n) is 21.9. The van der Waals surface area contributed by atoms with E-state index in [0.29, 0.717) is 30.6 Å². The summed E-state index contributed by atoms with van der Waals surface area (Å²) in [6.45, 7) is 9.86. The summed E-state index contributed by atoms with van der Waals surface area (Å²) in [6.07, 6.45) is 4.06. The monoisotopic (exact) mass is 527 g/mol. The van der Waals surface area contributed by atoms with Gasteiger partial charge in [-0.2, -0.15) is 0 Å². The van der Waals surface area contributed by atoms with Crippen molar-refractivity contribution >= 4 is 17.5 Å². The predicted molar refractivity (Wildman–Crippen MR) is 142 cm³/mol. The van der Waals surface area contributed by atoms with E-state index in [9.17, 15) is 23.9 Å². The molecule has 2 amide bonds. The summed E-state index contributed by atoms with van der Waals surface area (Å²) in [5.41, 5.74) is -0.0514. The molecule has 0 radical (unpaired) electrons. The number of anilines is 1. The Bertz CT molecular complexity index is 1280. The minimum absolute atomic E-state index is 0.00854. The number of ether oxygens (including phenoxy) is 1. The summed E-state index contributed by atoms with van der Waals surface area (Å²) in [7, 11) is 3.32. The summed E-state index contributed by atoms with van der Waals surface area (Å²) in [5, 5.41) is 13.4. The summed E-state index contributed by atoms with van der Waals surface area (Å²) in [6, 6.07) is 2.98. The number of carbonyl (C=O) groups excluding carboxylic acids is 2. The molecule has 0 fully saturated rings. The van der Waals surface area contributed by atoms with Crippen LogP contribution in [0.3, 0.4) is 0 Å². The molecule has 3 rings (SSSR count). The van der Waals surface area contributed by atoms with Crippen molar-refractivity contribution < 1.29 is 23.8 Å². The van der Waals surface area contributed by atoms with E-state index in [1.54, 1.807) is 19.2 Å². The van der Waals surface area contributed by atoms with Gasteiger partial charge in [-0.1, -0.05) is 25.6 Å². The van der Waals surface area contributed by atoms with Gasteiger partial charge in [-0.15, -0.1) is 6.58 Å². The Morgan fingerprint density at radius 2 is 2.05 bits per heavy atom. The number of benzene rings is 1. The number of rotatable bonds is 10. The number of hydrogen-bond acceptors (Lipinski definition) is 7. The lowest BCUT2D eigenvalue weighted by Crippen LogP contribution is -2.39. The number of aromatic hydroxyl groups is 1. The standard InChI is InChI=1S/C27H34FN5O5/c1-6-9-12-31(4)20-13-18(28)11-10-17(20)14-29-26(36)23-24(35)27(37)33-19(7-2)15-38-16-21(25(33)30-23)32(5)22(34)8-3/h6,8,10-11,13,19,21,35H,1,3,7,9,12,14-16H2,2,4-5H3,(H,29,36)/t19-,21?/m0/s1. The van der Waals surface area contributed by atoms with Crippen LogP contribution < -0.4 is 15.8 Å². The van der Waals surface area contributed by atoms with Crippen molar-refractivity contribution in [3.05, 3.63) is 76.8 Å². The minimum Gasteiger partial charge on any atom is -0.501 e. The maximum Gasteiger partial charge on any atom is 0.296 e. The van der Waals surface area contributed by atoms with Gasteiger partial charge in [0.2, 0.25) is 11.7 Å². The van der Waals surface area contributed by atoms with Crippen LogP contribution in [-0.4, -0.2) is 65.2 Å². The molecule has 0 bridgehead atoms. The quantitative estimate of drug-likeness (QED) is 0.360. The molecule has 204 valence electrons. The second-order valence-corrected chi connectivity index (χ2v) is 9.07. The second kappa shape index (κ2) is 12.5. The Hall–Kier alpha value is -3.99. The first kappa shape index (κ1) is 28.6. The van der Waals surface area contributed by atoms with E-state index in [4.69, 9.17) is 4.74 Å². The Labute approximate surface area is 221 Å². The molecule has 2 atom stereocenters. The van der Waals surface area contributed by atoms with Gasteiger partial charge in [-0.3, -0.25) is 19.0 Å². The summed E-state index contributed by atoms with van der Waals surface area (Å²) in [4.78, 5) is 46.4. The molecular formula is C27H34FN5O5. The smallest absolute Gasteiger partial charge is 0.296 e. The fraction of sp³-hybridized carbons (Fsp3) is 0.407. The molecule has 38 heavy (non-hydrogen) atoms. The van der Waals surface area contributed by atoms with Gasteiger partial charge in [-0.25, -0.2) is 9.37 Å². The van der Waals surface area contributed by atoms with E-state index < -0.39 is 46.7 Å². The lowest BCUT2D eigenvalue weighted by atomic mass is 10.1. The van der Waals surface area contributed by atoms with E-state index in [-0.39, 0.29) is 25.6 Å². The number of aromatic nitrogens is 2. The molecule has 2 heterocycles. The molecule has 10 nitrogen and oxygen atoms in total. The Morgan fingerprint density at radius 1 is 1.32 bits per heavy atom. The lowest BCUT2D eigenvalue weighted by Gasteiger charge is -2.27. The normalized spacial score (nSPS) is 16.6. The fourth-order valence-electron chi connectivity index (χ4n) is 4.34. The van der Waals surface area contributed by atoms with Gasteiger partial charge in [0.15, 0.2) is 5.69 Å². The molecule has 0 saturated heterocycles. The molecule has 1 unspecified atom stereocenters. The van der Waals surface area contributed by atoms with Crippen molar-refractivity contribution in [2.45, 2.75) is 38.4 Å². The largest absolute Gasteiger partial charge is 0.501 e. The van der Waals surface area contributed by atoms with E-state index in [2.05, 4.69) is 23.5 Å². The Kier molecular flexibility index (Phi) is 9.40. The van der Waals surface area contributed by atoms with Crippen molar-refractivity contribution in [1.29, 1.82) is 0 Å². The van der Waals surface area contributed by atoms with E-state index in [1.165, 1.54) is 28.6 Å². The van der Waals surface area contributed by atoms with Gasteiger partial charge < -0.3 is 25.0 Å². The number of nitrogens with zero attached hydrogens (tertiary/aromatic N) is 4. The van der Waals surface area contributed by atoms with Crippen LogP contribution in [0.1, 0.15) is 53.7 Å². The molecule has 0 spiro atoms. The number of amides is 2. The van der Waals surface area contributed by atoms with Crippen LogP contribution in [0.15, 0.2) is 48.3 Å². The predicted octanol–water partition coefficient (Wildman–Crippen LogP) is 2.70. The van der Waals surface area contributed by atoms with Gasteiger partial charge in [0, 0.05) is 32.9 Å². The zero-order chi connectivity index (χ0) is 28.0. The zero-order valence-corrected chi connectivity index (χ0v) is 21.9. The van der Waals surface area contributed by atoms with Gasteiger partial charge in [0.25, 0.3) is 11.5 Å². The van der Waals surface area contributed by atoms with Crippen molar-refractivity contribution in [2.75, 3.05) is 38.8 Å². The van der Waals surface area contributed by atoms with Crippen LogP contribution >= 0.6 is 0 Å². The van der Waals surface area contributed by atoms with Crippen molar-refractivity contribution in [2.24, 2.45) is 0 Å². The summed E-state index contributed by atoms with van der Waals surface area (Å²) in [5.74, 6) is -2.30. The van der Waals surface area contributed by atoms with E-state index >= 15 is 0 Å². The first-order valence-corrected chi connectivity index (χ1v) is 12.4. The lowest BCUT2D eigenvalue weighted by molar-refractivity contribution is -0.128. The van der Waals surface area contributed by atoms with E-state index in [0.717, 1.165) is 6.08 Å². The number of likely N-dealkylation sites (N-methyl/N-ethyl adjacent to an activating group) is 1. The Morgan fingerprint density at radius 3 is 2.71 bits per heavy atom. The highest BCUT2D eigenvalue weighted by molar-refractivity contribution is 5.94. The van der Waals surface area contributed by atoms with Crippen molar-refractivity contribution in [3.8, 4) is 5.75 Å². The van der Waals surface area contributed by atoms with Gasteiger partial charge in [-0.05, 0) is 36.6 Å². The third-order valence-electron chi connectivity index (χ3n) is 6.61. The molecule has 2 aromatic rings. The molecule has 1 aliphatic heterocycles. The first-order chi connectivity index (χ1) is 18.1. The fourth-order valence-corrected chi connectivity index (χ4v) is 4.34. The summed E-state index contributed by atoms with van der Waals surface area (Å²) < 4.78 is 21.0. The van der Waals surface area contributed by atoms with Crippen molar-refractivity contribution in [1.82, 2.24) is 19.8 Å². The average molecular weight is 528 g/mol. The maximum absolute atomic E-state index is 14.0. The average Bonchev–Trinajstić information content (AvgIpc) is 3.11. The minimum atomic E-state index is -0.800. The number of halogens is 1. The Balaban J connectivity index is 1.99. The van der Waals surface area contributed by atoms with Crippen LogP contribution in [0.2, 0.25) is 0 Å². The van der Waals surface area contributed by atoms with E-state index in [1.807, 2.05) is 11.8 Å². The van der Waals surface area contributed by atoms with Crippen LogP contribution in [-0.2, 0) is 16.1 Å². The highest BCUT2D eigenvalue weighted by Gasteiger charge is 2.34. The highest BCUT2D eigenvalue weighted by Crippen LogP contribution is 2.28. The third kappa shape index (κ3) is 5.94. The van der Waals surface area contributed by atoms with Crippen LogP contribution in [0.5, 0.6) is 5.75 Å². The first-order valence-electron chi connectivity index (χ1n) is 12.4. The van der Waals surface area contributed by atoms with Crippen molar-refractivity contribution in [3.63, 3.8) is 0 Å². The second-order valence-electron chi connectivity index (χ2n) is 9.07. The summed E-state index contributed by atoms with van der Waals surface area (Å²) >= 11 is 0. The molecule has 1 aromatic heterocycles. The molecule has 1 aliphatic rings. The maximum atomic E-state index is 14.0. The third-order valence-corrected chi connectivity index (χ3v) is 6.61. The molecule has 0 saturated carbocycles. The van der Waals surface area contributed by atoms with Crippen LogP contribution in [0.25, 0.3) is 0 Å². The van der Waals surface area contributed by atoms with Gasteiger partial charge >= 0.3 is 0 Å². The number of fused-ring (bicyclic) bond motifs is 1. The molecule has 0 aliphatic carbocycles. The number of carbonyl (C=O) groups is 2. The molecule has 1 aromatic carbocycles. The molecular weight excluding hydrogens is 493 g/mol. The topological polar surface area (TPSA) is 117 Å². The molecule has 11 heteroatoms.